The molecule has 2 saturated heterocycles. The highest BCUT2D eigenvalue weighted by molar-refractivity contribution is 5.92. The van der Waals surface area contributed by atoms with Crippen molar-refractivity contribution < 1.29 is 4.79 Å². The lowest BCUT2D eigenvalue weighted by atomic mass is 9.93. The van der Waals surface area contributed by atoms with Crippen LogP contribution in [0.5, 0.6) is 0 Å². The van der Waals surface area contributed by atoms with E-state index in [1.807, 2.05) is 28.9 Å². The second kappa shape index (κ2) is 8.32. The molecule has 0 bridgehead atoms. The van der Waals surface area contributed by atoms with E-state index in [-0.39, 0.29) is 18.3 Å². The zero-order valence-electron chi connectivity index (χ0n) is 14.9. The van der Waals surface area contributed by atoms with Gasteiger partial charge in [-0.1, -0.05) is 6.92 Å². The lowest BCUT2D eigenvalue weighted by molar-refractivity contribution is 0.0542. The van der Waals surface area contributed by atoms with Crippen LogP contribution in [0.15, 0.2) is 12.3 Å². The first-order valence-corrected chi connectivity index (χ1v) is 8.78. The maximum atomic E-state index is 12.8. The summed E-state index contributed by atoms with van der Waals surface area (Å²) in [6.07, 6.45) is 5.29. The Labute approximate surface area is 151 Å². The molecule has 3 unspecified atom stereocenters. The SMILES string of the molecule is CC1CN(C)CCC1N(C)C(=O)c1ccn(C2CCCNC2)n1.Cl. The number of aromatic nitrogens is 2. The number of hydrogen-bond donors (Lipinski definition) is 1. The number of nitrogens with zero attached hydrogens (tertiary/aromatic N) is 4. The van der Waals surface area contributed by atoms with Gasteiger partial charge in [0.1, 0.15) is 5.69 Å². The molecule has 6 nitrogen and oxygen atoms in total. The van der Waals surface area contributed by atoms with Crippen LogP contribution in [-0.2, 0) is 0 Å². The van der Waals surface area contributed by atoms with Gasteiger partial charge >= 0.3 is 0 Å². The maximum absolute atomic E-state index is 12.8. The molecule has 136 valence electrons. The number of piperidine rings is 2. The standard InChI is InChI=1S/C17H29N5O.ClH/c1-13-12-20(2)9-7-16(13)21(3)17(23)15-6-10-22(19-15)14-5-4-8-18-11-14;/h6,10,13-14,16,18H,4-5,7-9,11-12H2,1-3H3;1H. The number of likely N-dealkylation sites (tertiary alicyclic amines) is 1. The van der Waals surface area contributed by atoms with Crippen molar-refractivity contribution in [2.24, 2.45) is 5.92 Å². The number of carbonyl (C=O) groups is 1. The van der Waals surface area contributed by atoms with E-state index in [9.17, 15) is 4.79 Å². The van der Waals surface area contributed by atoms with Crippen molar-refractivity contribution in [3.8, 4) is 0 Å². The summed E-state index contributed by atoms with van der Waals surface area (Å²) in [7, 11) is 4.07. The summed E-state index contributed by atoms with van der Waals surface area (Å²) < 4.78 is 1.96. The molecule has 3 heterocycles. The van der Waals surface area contributed by atoms with E-state index in [4.69, 9.17) is 0 Å². The fourth-order valence-corrected chi connectivity index (χ4v) is 3.96. The summed E-state index contributed by atoms with van der Waals surface area (Å²) in [6.45, 7) is 6.35. The predicted molar refractivity (Wildman–Crippen MR) is 97.8 cm³/mol. The Morgan fingerprint density at radius 3 is 2.88 bits per heavy atom. The van der Waals surface area contributed by atoms with Gasteiger partial charge in [0.15, 0.2) is 0 Å². The quantitative estimate of drug-likeness (QED) is 0.895. The molecule has 1 N–H and O–H groups in total. The number of carbonyl (C=O) groups excluding carboxylic acids is 1. The number of nitrogens with one attached hydrogen (secondary N) is 1. The Morgan fingerprint density at radius 2 is 2.21 bits per heavy atom. The number of amides is 1. The highest BCUT2D eigenvalue weighted by Crippen LogP contribution is 2.22. The zero-order valence-corrected chi connectivity index (χ0v) is 15.8. The first-order valence-electron chi connectivity index (χ1n) is 8.78. The summed E-state index contributed by atoms with van der Waals surface area (Å²) in [5.74, 6) is 0.543. The third-order valence-electron chi connectivity index (χ3n) is 5.35. The topological polar surface area (TPSA) is 53.4 Å². The van der Waals surface area contributed by atoms with Crippen molar-refractivity contribution in [3.05, 3.63) is 18.0 Å². The Hall–Kier alpha value is -1.11. The molecule has 1 aromatic rings. The van der Waals surface area contributed by atoms with E-state index in [2.05, 4.69) is 29.3 Å². The van der Waals surface area contributed by atoms with Gasteiger partial charge in [-0.25, -0.2) is 0 Å². The monoisotopic (exact) mass is 355 g/mol. The third-order valence-corrected chi connectivity index (χ3v) is 5.35. The van der Waals surface area contributed by atoms with Crippen molar-refractivity contribution in [2.45, 2.75) is 38.3 Å². The van der Waals surface area contributed by atoms with E-state index in [0.29, 0.717) is 23.7 Å². The molecule has 0 radical (unpaired) electrons. The van der Waals surface area contributed by atoms with Crippen LogP contribution in [0.1, 0.15) is 42.7 Å². The van der Waals surface area contributed by atoms with Crippen molar-refractivity contribution in [1.29, 1.82) is 0 Å². The molecule has 1 amide bonds. The highest BCUT2D eigenvalue weighted by Gasteiger charge is 2.31. The lowest BCUT2D eigenvalue weighted by Gasteiger charge is -2.39. The van der Waals surface area contributed by atoms with Crippen molar-refractivity contribution in [1.82, 2.24) is 24.9 Å². The zero-order chi connectivity index (χ0) is 16.4. The van der Waals surface area contributed by atoms with Crippen molar-refractivity contribution >= 4 is 18.3 Å². The minimum absolute atomic E-state index is 0. The predicted octanol–water partition coefficient (Wildman–Crippen LogP) is 1.64. The van der Waals surface area contributed by atoms with Gasteiger partial charge in [-0.2, -0.15) is 5.10 Å². The normalized spacial score (nSPS) is 28.2. The molecule has 24 heavy (non-hydrogen) atoms. The molecule has 0 saturated carbocycles. The molecule has 0 spiro atoms. The van der Waals surface area contributed by atoms with E-state index >= 15 is 0 Å². The van der Waals surface area contributed by atoms with Gasteiger partial charge < -0.3 is 15.1 Å². The van der Waals surface area contributed by atoms with Crippen LogP contribution in [0.25, 0.3) is 0 Å². The average molecular weight is 356 g/mol. The minimum atomic E-state index is 0. The molecule has 2 aliphatic rings. The van der Waals surface area contributed by atoms with Crippen LogP contribution < -0.4 is 5.32 Å². The van der Waals surface area contributed by atoms with Crippen LogP contribution in [0, 0.1) is 5.92 Å². The van der Waals surface area contributed by atoms with Gasteiger partial charge in [-0.15, -0.1) is 12.4 Å². The third kappa shape index (κ3) is 4.10. The van der Waals surface area contributed by atoms with Crippen LogP contribution in [0.2, 0.25) is 0 Å². The molecule has 0 aliphatic carbocycles. The summed E-state index contributed by atoms with van der Waals surface area (Å²) in [5, 5.41) is 7.96. The molecule has 0 aromatic carbocycles. The molecular weight excluding hydrogens is 326 g/mol. The smallest absolute Gasteiger partial charge is 0.274 e. The van der Waals surface area contributed by atoms with Gasteiger partial charge in [0, 0.05) is 32.4 Å². The van der Waals surface area contributed by atoms with Gasteiger partial charge in [0.2, 0.25) is 0 Å². The van der Waals surface area contributed by atoms with Crippen LogP contribution in [0.3, 0.4) is 0 Å². The second-order valence-corrected chi connectivity index (χ2v) is 7.19. The van der Waals surface area contributed by atoms with Crippen LogP contribution in [0.4, 0.5) is 0 Å². The molecule has 7 heteroatoms. The maximum Gasteiger partial charge on any atom is 0.274 e. The second-order valence-electron chi connectivity index (χ2n) is 7.19. The Balaban J connectivity index is 0.00000208. The van der Waals surface area contributed by atoms with Gasteiger partial charge in [0.25, 0.3) is 5.91 Å². The van der Waals surface area contributed by atoms with E-state index in [0.717, 1.165) is 39.0 Å². The van der Waals surface area contributed by atoms with Crippen LogP contribution in [-0.4, -0.2) is 71.8 Å². The lowest BCUT2D eigenvalue weighted by Crippen LogP contribution is -2.49. The van der Waals surface area contributed by atoms with Crippen LogP contribution >= 0.6 is 12.4 Å². The average Bonchev–Trinajstić information content (AvgIpc) is 3.04. The fraction of sp³-hybridized carbons (Fsp3) is 0.765. The minimum Gasteiger partial charge on any atom is -0.337 e. The Kier molecular flexibility index (Phi) is 6.66. The molecule has 2 aliphatic heterocycles. The summed E-state index contributed by atoms with van der Waals surface area (Å²) >= 11 is 0. The van der Waals surface area contributed by atoms with Crippen molar-refractivity contribution in [3.63, 3.8) is 0 Å². The summed E-state index contributed by atoms with van der Waals surface area (Å²) in [5.41, 5.74) is 0.573. The summed E-state index contributed by atoms with van der Waals surface area (Å²) in [6, 6.07) is 2.55. The fourth-order valence-electron chi connectivity index (χ4n) is 3.96. The Bertz CT molecular complexity index is 543. The first-order chi connectivity index (χ1) is 11.1. The first kappa shape index (κ1) is 19.2. The Morgan fingerprint density at radius 1 is 1.42 bits per heavy atom. The number of halogens is 1. The van der Waals surface area contributed by atoms with E-state index in [1.54, 1.807) is 0 Å². The molecular formula is C17H30ClN5O. The van der Waals surface area contributed by atoms with Gasteiger partial charge in [0.05, 0.1) is 6.04 Å². The molecule has 3 atom stereocenters. The summed E-state index contributed by atoms with van der Waals surface area (Å²) in [4.78, 5) is 17.0. The van der Waals surface area contributed by atoms with Crippen molar-refractivity contribution in [2.75, 3.05) is 40.3 Å². The number of hydrogen-bond acceptors (Lipinski definition) is 4. The van der Waals surface area contributed by atoms with E-state index < -0.39 is 0 Å². The largest absolute Gasteiger partial charge is 0.337 e. The molecule has 3 rings (SSSR count). The number of rotatable bonds is 3. The highest BCUT2D eigenvalue weighted by atomic mass is 35.5. The van der Waals surface area contributed by atoms with Gasteiger partial charge in [-0.3, -0.25) is 9.48 Å². The van der Waals surface area contributed by atoms with E-state index in [1.165, 1.54) is 6.42 Å². The van der Waals surface area contributed by atoms with Gasteiger partial charge in [-0.05, 0) is 51.4 Å². The molecule has 1 aromatic heterocycles. The molecule has 2 fully saturated rings.